The van der Waals surface area contributed by atoms with Crippen LogP contribution < -0.4 is 16.8 Å². The number of aromatic nitrogens is 2. The summed E-state index contributed by atoms with van der Waals surface area (Å²) in [5, 5.41) is 3.90. The van der Waals surface area contributed by atoms with Gasteiger partial charge in [0.25, 0.3) is 11.5 Å². The maximum Gasteiger partial charge on any atom is 0.268 e. The number of aryl methyl sites for hydroxylation is 1. The number of hydrogen-bond donors (Lipinski definition) is 2. The largest absolute Gasteiger partial charge is 0.464 e. The molecule has 1 amide bonds. The lowest BCUT2D eigenvalue weighted by atomic mass is 10.2. The highest BCUT2D eigenvalue weighted by Gasteiger charge is 2.14. The van der Waals surface area contributed by atoms with Crippen molar-refractivity contribution >= 4 is 5.91 Å². The van der Waals surface area contributed by atoms with Gasteiger partial charge in [-0.3, -0.25) is 15.0 Å². The van der Waals surface area contributed by atoms with Crippen LogP contribution in [-0.2, 0) is 6.54 Å². The number of carbonyl (C=O) groups excluding carboxylic acids is 1. The summed E-state index contributed by atoms with van der Waals surface area (Å²) >= 11 is 0. The van der Waals surface area contributed by atoms with Gasteiger partial charge in [0.15, 0.2) is 0 Å². The van der Waals surface area contributed by atoms with Gasteiger partial charge in [-0.05, 0) is 19.1 Å². The Morgan fingerprint density at radius 1 is 1.61 bits per heavy atom. The third kappa shape index (κ3) is 2.30. The zero-order chi connectivity index (χ0) is 13.1. The molecule has 0 bridgehead atoms. The molecule has 7 heteroatoms. The summed E-state index contributed by atoms with van der Waals surface area (Å²) in [4.78, 5) is 22.9. The van der Waals surface area contributed by atoms with Gasteiger partial charge in [-0.25, -0.2) is 10.5 Å². The molecule has 0 radical (unpaired) electrons. The molecule has 7 nitrogen and oxygen atoms in total. The number of hydrazine groups is 1. The van der Waals surface area contributed by atoms with Crippen LogP contribution in [0.4, 0.5) is 0 Å². The number of nitrogens with two attached hydrogens (primary N) is 1. The number of nitrogens with zero attached hydrogens (tertiary/aromatic N) is 2. The minimum Gasteiger partial charge on any atom is -0.464 e. The molecule has 0 saturated carbocycles. The van der Waals surface area contributed by atoms with E-state index in [-0.39, 0.29) is 12.1 Å². The standard InChI is InChI=1S/C11H12N4O3/c1-7-9(11(17)14-12)5-8(18-7)6-15-10(16)3-2-4-13-15/h2-5H,6,12H2,1H3,(H,14,17). The average Bonchev–Trinajstić information content (AvgIpc) is 2.72. The van der Waals surface area contributed by atoms with Crippen molar-refractivity contribution in [2.75, 3.05) is 0 Å². The Labute approximate surface area is 102 Å². The molecule has 0 aliphatic heterocycles. The Balaban J connectivity index is 2.29. The number of amides is 1. The van der Waals surface area contributed by atoms with Crippen molar-refractivity contribution in [2.24, 2.45) is 5.84 Å². The highest BCUT2D eigenvalue weighted by Crippen LogP contribution is 2.14. The first-order valence-corrected chi connectivity index (χ1v) is 5.24. The van der Waals surface area contributed by atoms with E-state index in [2.05, 4.69) is 5.10 Å². The molecule has 0 aromatic carbocycles. The Morgan fingerprint density at radius 3 is 3.06 bits per heavy atom. The minimum absolute atomic E-state index is 0.165. The van der Waals surface area contributed by atoms with Crippen molar-refractivity contribution in [1.29, 1.82) is 0 Å². The van der Waals surface area contributed by atoms with Crippen LogP contribution >= 0.6 is 0 Å². The Hall–Kier alpha value is -2.41. The molecular weight excluding hydrogens is 236 g/mol. The topological polar surface area (TPSA) is 103 Å². The monoisotopic (exact) mass is 248 g/mol. The maximum absolute atomic E-state index is 11.5. The summed E-state index contributed by atoms with van der Waals surface area (Å²) in [5.74, 6) is 5.52. The van der Waals surface area contributed by atoms with Gasteiger partial charge in [-0.2, -0.15) is 5.10 Å². The summed E-state index contributed by atoms with van der Waals surface area (Å²) in [6.07, 6.45) is 1.50. The lowest BCUT2D eigenvalue weighted by molar-refractivity contribution is 0.0952. The fourth-order valence-corrected chi connectivity index (χ4v) is 1.58. The van der Waals surface area contributed by atoms with E-state index in [9.17, 15) is 9.59 Å². The number of nitrogens with one attached hydrogen (secondary N) is 1. The van der Waals surface area contributed by atoms with Gasteiger partial charge in [0.1, 0.15) is 18.1 Å². The first-order chi connectivity index (χ1) is 8.61. The van der Waals surface area contributed by atoms with Crippen LogP contribution in [0.15, 0.2) is 33.6 Å². The normalized spacial score (nSPS) is 10.3. The molecule has 0 fully saturated rings. The molecule has 0 unspecified atom stereocenters. The molecule has 2 aromatic rings. The molecule has 2 rings (SSSR count). The van der Waals surface area contributed by atoms with Crippen molar-refractivity contribution in [3.8, 4) is 0 Å². The lowest BCUT2D eigenvalue weighted by Crippen LogP contribution is -2.30. The second kappa shape index (κ2) is 4.84. The van der Waals surface area contributed by atoms with Crippen LogP contribution in [0, 0.1) is 6.92 Å². The third-order valence-electron chi connectivity index (χ3n) is 2.44. The van der Waals surface area contributed by atoms with Crippen molar-refractivity contribution in [2.45, 2.75) is 13.5 Å². The van der Waals surface area contributed by atoms with E-state index in [1.807, 2.05) is 5.43 Å². The Bertz CT molecular complexity index is 629. The molecule has 18 heavy (non-hydrogen) atoms. The lowest BCUT2D eigenvalue weighted by Gasteiger charge is -1.99. The molecular formula is C11H12N4O3. The van der Waals surface area contributed by atoms with E-state index in [0.717, 1.165) is 0 Å². The molecule has 0 saturated heterocycles. The first kappa shape index (κ1) is 12.1. The fraction of sp³-hybridized carbons (Fsp3) is 0.182. The van der Waals surface area contributed by atoms with Gasteiger partial charge in [0, 0.05) is 12.3 Å². The number of hydrogen-bond acceptors (Lipinski definition) is 5. The smallest absolute Gasteiger partial charge is 0.268 e. The van der Waals surface area contributed by atoms with Crippen molar-refractivity contribution in [3.05, 3.63) is 51.8 Å². The molecule has 3 N–H and O–H groups in total. The minimum atomic E-state index is -0.434. The van der Waals surface area contributed by atoms with E-state index in [1.54, 1.807) is 19.1 Å². The van der Waals surface area contributed by atoms with Gasteiger partial charge in [-0.1, -0.05) is 0 Å². The van der Waals surface area contributed by atoms with Crippen LogP contribution in [-0.4, -0.2) is 15.7 Å². The van der Waals surface area contributed by atoms with Gasteiger partial charge < -0.3 is 4.42 Å². The quantitative estimate of drug-likeness (QED) is 0.444. The van der Waals surface area contributed by atoms with E-state index in [4.69, 9.17) is 10.3 Å². The van der Waals surface area contributed by atoms with Crippen molar-refractivity contribution in [1.82, 2.24) is 15.2 Å². The molecule has 94 valence electrons. The van der Waals surface area contributed by atoms with Crippen molar-refractivity contribution in [3.63, 3.8) is 0 Å². The molecule has 0 aliphatic rings. The number of nitrogen functional groups attached to an aromatic ring is 1. The summed E-state index contributed by atoms with van der Waals surface area (Å²) in [6, 6.07) is 4.49. The number of furan rings is 1. The van der Waals surface area contributed by atoms with Gasteiger partial charge in [-0.15, -0.1) is 0 Å². The number of carbonyl (C=O) groups is 1. The van der Waals surface area contributed by atoms with E-state index < -0.39 is 5.91 Å². The summed E-state index contributed by atoms with van der Waals surface area (Å²) in [5.41, 5.74) is 2.13. The summed E-state index contributed by atoms with van der Waals surface area (Å²) in [6.45, 7) is 1.81. The summed E-state index contributed by atoms with van der Waals surface area (Å²) in [7, 11) is 0. The van der Waals surface area contributed by atoms with Gasteiger partial charge in [0.05, 0.1) is 5.56 Å². The van der Waals surface area contributed by atoms with E-state index in [1.165, 1.54) is 16.9 Å². The van der Waals surface area contributed by atoms with Crippen LogP contribution in [0.25, 0.3) is 0 Å². The van der Waals surface area contributed by atoms with Crippen molar-refractivity contribution < 1.29 is 9.21 Å². The Morgan fingerprint density at radius 2 is 2.39 bits per heavy atom. The second-order valence-electron chi connectivity index (χ2n) is 3.68. The maximum atomic E-state index is 11.5. The molecule has 0 spiro atoms. The highest BCUT2D eigenvalue weighted by atomic mass is 16.3. The predicted molar refractivity (Wildman–Crippen MR) is 62.7 cm³/mol. The van der Waals surface area contributed by atoms with Crippen LogP contribution in [0.1, 0.15) is 21.9 Å². The third-order valence-corrected chi connectivity index (χ3v) is 2.44. The van der Waals surface area contributed by atoms with Gasteiger partial charge >= 0.3 is 0 Å². The highest BCUT2D eigenvalue weighted by molar-refractivity contribution is 5.94. The predicted octanol–water partition coefficient (Wildman–Crippen LogP) is -0.203. The summed E-state index contributed by atoms with van der Waals surface area (Å²) < 4.78 is 6.62. The second-order valence-corrected chi connectivity index (χ2v) is 3.68. The average molecular weight is 248 g/mol. The molecule has 2 heterocycles. The van der Waals surface area contributed by atoms with Crippen LogP contribution in [0.3, 0.4) is 0 Å². The van der Waals surface area contributed by atoms with Crippen LogP contribution in [0.5, 0.6) is 0 Å². The van der Waals surface area contributed by atoms with Crippen LogP contribution in [0.2, 0.25) is 0 Å². The van der Waals surface area contributed by atoms with E-state index >= 15 is 0 Å². The molecule has 0 aliphatic carbocycles. The molecule has 2 aromatic heterocycles. The Kier molecular flexibility index (Phi) is 3.24. The van der Waals surface area contributed by atoms with E-state index in [0.29, 0.717) is 17.1 Å². The zero-order valence-electron chi connectivity index (χ0n) is 9.71. The molecule has 0 atom stereocenters. The SMILES string of the molecule is Cc1oc(Cn2ncccc2=O)cc1C(=O)NN. The van der Waals surface area contributed by atoms with Gasteiger partial charge in [0.2, 0.25) is 0 Å². The fourth-order valence-electron chi connectivity index (χ4n) is 1.58. The number of rotatable bonds is 3. The zero-order valence-corrected chi connectivity index (χ0v) is 9.71. The first-order valence-electron chi connectivity index (χ1n) is 5.24.